The highest BCUT2D eigenvalue weighted by Gasteiger charge is 2.39. The first-order valence-electron chi connectivity index (χ1n) is 7.87. The number of halogens is 4. The smallest absolute Gasteiger partial charge is 0.425 e. The molecule has 1 aliphatic rings. The Morgan fingerprint density at radius 2 is 2.16 bits per heavy atom. The number of Topliss-reactive ketones (excluding diaryl/α,β-unsaturated/α-hetero) is 1. The summed E-state index contributed by atoms with van der Waals surface area (Å²) in [7, 11) is 0. The fourth-order valence-electron chi connectivity index (χ4n) is 2.48. The van der Waals surface area contributed by atoms with E-state index in [-0.39, 0.29) is 28.1 Å². The molecule has 0 aliphatic heterocycles. The van der Waals surface area contributed by atoms with Gasteiger partial charge in [-0.2, -0.15) is 18.4 Å². The summed E-state index contributed by atoms with van der Waals surface area (Å²) in [5.41, 5.74) is -0.808. The molecule has 1 aromatic rings. The number of nitrogens with zero attached hydrogens (tertiary/aromatic N) is 2. The fourth-order valence-corrected chi connectivity index (χ4v) is 2.79. The highest BCUT2D eigenvalue weighted by Crippen LogP contribution is 2.42. The summed E-state index contributed by atoms with van der Waals surface area (Å²) < 4.78 is 43.1. The predicted molar refractivity (Wildman–Crippen MR) is 88.1 cm³/mol. The van der Waals surface area contributed by atoms with Gasteiger partial charge in [0.05, 0.1) is 16.0 Å². The maximum Gasteiger partial charge on any atom is 0.425 e. The second-order valence-corrected chi connectivity index (χ2v) is 7.58. The highest BCUT2D eigenvalue weighted by atomic mass is 79.9. The Balaban J connectivity index is 2.14. The van der Waals surface area contributed by atoms with Crippen LogP contribution >= 0.6 is 15.9 Å². The van der Waals surface area contributed by atoms with Crippen LogP contribution in [-0.2, 0) is 0 Å². The Labute approximate surface area is 152 Å². The number of alkyl halides is 3. The molecule has 0 bridgehead atoms. The number of pyridine rings is 1. The van der Waals surface area contributed by atoms with Crippen LogP contribution in [0.1, 0.15) is 50.0 Å². The summed E-state index contributed by atoms with van der Waals surface area (Å²) in [6.45, 7) is 2.61. The van der Waals surface area contributed by atoms with Crippen LogP contribution in [0.3, 0.4) is 0 Å². The van der Waals surface area contributed by atoms with Gasteiger partial charge >= 0.3 is 6.18 Å². The van der Waals surface area contributed by atoms with Crippen molar-refractivity contribution in [2.75, 3.05) is 0 Å². The maximum absolute atomic E-state index is 12.7. The minimum Gasteiger partial charge on any atom is -0.480 e. The molecule has 1 fully saturated rings. The lowest BCUT2D eigenvalue weighted by molar-refractivity contribution is -0.189. The van der Waals surface area contributed by atoms with Crippen molar-refractivity contribution < 1.29 is 22.7 Å². The zero-order chi connectivity index (χ0) is 18.8. The molecule has 0 amide bonds. The van der Waals surface area contributed by atoms with Gasteiger partial charge in [-0.15, -0.1) is 0 Å². The van der Waals surface area contributed by atoms with Crippen LogP contribution in [0.4, 0.5) is 13.2 Å². The van der Waals surface area contributed by atoms with E-state index in [1.165, 1.54) is 12.3 Å². The molecule has 0 saturated heterocycles. The van der Waals surface area contributed by atoms with Crippen LogP contribution in [0.2, 0.25) is 0 Å². The van der Waals surface area contributed by atoms with E-state index < -0.39 is 17.7 Å². The van der Waals surface area contributed by atoms with E-state index in [4.69, 9.17) is 4.74 Å². The summed E-state index contributed by atoms with van der Waals surface area (Å²) in [4.78, 5) is 16.4. The second-order valence-electron chi connectivity index (χ2n) is 6.72. The van der Waals surface area contributed by atoms with Crippen LogP contribution in [-0.4, -0.2) is 23.0 Å². The van der Waals surface area contributed by atoms with Crippen molar-refractivity contribution in [2.45, 2.75) is 51.8 Å². The molecule has 0 aromatic carbocycles. The average Bonchev–Trinajstić information content (AvgIpc) is 3.31. The maximum atomic E-state index is 12.7. The molecule has 1 unspecified atom stereocenters. The number of hydrogen-bond acceptors (Lipinski definition) is 4. The monoisotopic (exact) mass is 418 g/mol. The molecule has 2 rings (SSSR count). The van der Waals surface area contributed by atoms with E-state index in [1.54, 1.807) is 6.92 Å². The lowest BCUT2D eigenvalue weighted by atomic mass is 9.81. The Kier molecular flexibility index (Phi) is 5.77. The van der Waals surface area contributed by atoms with Crippen molar-refractivity contribution in [2.24, 2.45) is 11.3 Å². The van der Waals surface area contributed by atoms with Crippen LogP contribution in [0.15, 0.2) is 16.7 Å². The highest BCUT2D eigenvalue weighted by molar-refractivity contribution is 9.10. The first-order chi connectivity index (χ1) is 11.5. The molecule has 8 heteroatoms. The van der Waals surface area contributed by atoms with Gasteiger partial charge in [0.15, 0.2) is 11.9 Å². The fraction of sp³-hybridized carbons (Fsp3) is 0.588. The first kappa shape index (κ1) is 19.7. The number of hydrogen-bond donors (Lipinski definition) is 0. The molecule has 136 valence electrons. The topological polar surface area (TPSA) is 63.0 Å². The standard InChI is InChI=1S/C17H18BrF3N2O2/c1-10(17(19,20)21)25-15-5-13(23-8-12(15)18)14(24)7-16(2,9-22)6-11-3-4-11/h5,8,10-11H,3-4,6-7H2,1-2H3/t10-,16?/m0/s1. The minimum atomic E-state index is -4.52. The molecule has 1 saturated carbocycles. The van der Waals surface area contributed by atoms with Crippen LogP contribution < -0.4 is 4.74 Å². The summed E-state index contributed by atoms with van der Waals surface area (Å²) >= 11 is 3.07. The zero-order valence-corrected chi connectivity index (χ0v) is 15.4. The van der Waals surface area contributed by atoms with Crippen molar-refractivity contribution in [3.63, 3.8) is 0 Å². The van der Waals surface area contributed by atoms with Gasteiger partial charge in [-0.25, -0.2) is 0 Å². The Morgan fingerprint density at radius 1 is 1.52 bits per heavy atom. The molecule has 4 nitrogen and oxygen atoms in total. The van der Waals surface area contributed by atoms with Gasteiger partial charge in [0.1, 0.15) is 11.4 Å². The number of ether oxygens (including phenoxy) is 1. The number of ketones is 1. The molecule has 0 radical (unpaired) electrons. The molecule has 25 heavy (non-hydrogen) atoms. The molecule has 1 heterocycles. The van der Waals surface area contributed by atoms with E-state index >= 15 is 0 Å². The normalized spacial score (nSPS) is 18.1. The van der Waals surface area contributed by atoms with Gasteiger partial charge in [0.25, 0.3) is 0 Å². The quantitative estimate of drug-likeness (QED) is 0.579. The van der Waals surface area contributed by atoms with E-state index in [2.05, 4.69) is 27.0 Å². The zero-order valence-electron chi connectivity index (χ0n) is 13.9. The summed E-state index contributed by atoms with van der Waals surface area (Å²) in [5, 5.41) is 9.39. The lowest BCUT2D eigenvalue weighted by Crippen LogP contribution is -2.31. The van der Waals surface area contributed by atoms with Crippen LogP contribution in [0.25, 0.3) is 0 Å². The molecular formula is C17H18BrF3N2O2. The summed E-state index contributed by atoms with van der Waals surface area (Å²) in [6.07, 6.45) is -2.56. The van der Waals surface area contributed by atoms with E-state index in [9.17, 15) is 23.2 Å². The van der Waals surface area contributed by atoms with E-state index in [0.717, 1.165) is 19.8 Å². The molecule has 1 aliphatic carbocycles. The van der Waals surface area contributed by atoms with Gasteiger partial charge in [-0.3, -0.25) is 9.78 Å². The van der Waals surface area contributed by atoms with E-state index in [0.29, 0.717) is 12.3 Å². The van der Waals surface area contributed by atoms with Gasteiger partial charge in [-0.05, 0) is 42.1 Å². The Morgan fingerprint density at radius 3 is 2.68 bits per heavy atom. The minimum absolute atomic E-state index is 0.00940. The number of nitriles is 1. The average molecular weight is 419 g/mol. The number of rotatable bonds is 7. The summed E-state index contributed by atoms with van der Waals surface area (Å²) in [5.74, 6) is -0.0207. The second kappa shape index (κ2) is 7.32. The SMILES string of the molecule is C[C@H](Oc1cc(C(=O)CC(C)(C#N)CC2CC2)ncc1Br)C(F)(F)F. The van der Waals surface area contributed by atoms with E-state index in [1.807, 2.05) is 0 Å². The number of carbonyl (C=O) groups is 1. The number of carbonyl (C=O) groups excluding carboxylic acids is 1. The Bertz CT molecular complexity index is 698. The van der Waals surface area contributed by atoms with Gasteiger partial charge in [-0.1, -0.05) is 12.8 Å². The van der Waals surface area contributed by atoms with Crippen molar-refractivity contribution in [3.05, 3.63) is 22.4 Å². The molecule has 2 atom stereocenters. The summed E-state index contributed by atoms with van der Waals surface area (Å²) in [6, 6.07) is 3.37. The largest absolute Gasteiger partial charge is 0.480 e. The Hall–Kier alpha value is -1.62. The van der Waals surface area contributed by atoms with Crippen molar-refractivity contribution >= 4 is 21.7 Å². The van der Waals surface area contributed by atoms with Gasteiger partial charge in [0, 0.05) is 18.7 Å². The molecular weight excluding hydrogens is 401 g/mol. The third kappa shape index (κ3) is 5.43. The third-order valence-electron chi connectivity index (χ3n) is 4.13. The predicted octanol–water partition coefficient (Wildman–Crippen LogP) is 5.08. The first-order valence-corrected chi connectivity index (χ1v) is 8.67. The molecule has 0 spiro atoms. The van der Waals surface area contributed by atoms with Crippen LogP contribution in [0.5, 0.6) is 5.75 Å². The third-order valence-corrected chi connectivity index (χ3v) is 4.72. The van der Waals surface area contributed by atoms with Crippen molar-refractivity contribution in [1.82, 2.24) is 4.98 Å². The number of aromatic nitrogens is 1. The lowest BCUT2D eigenvalue weighted by Gasteiger charge is -2.21. The van der Waals surface area contributed by atoms with Gasteiger partial charge < -0.3 is 4.74 Å². The van der Waals surface area contributed by atoms with Crippen molar-refractivity contribution in [1.29, 1.82) is 5.26 Å². The molecule has 0 N–H and O–H groups in total. The van der Waals surface area contributed by atoms with Crippen molar-refractivity contribution in [3.8, 4) is 11.8 Å². The van der Waals surface area contributed by atoms with Crippen LogP contribution in [0, 0.1) is 22.7 Å². The molecule has 1 aromatic heterocycles. The van der Waals surface area contributed by atoms with Gasteiger partial charge in [0.2, 0.25) is 0 Å².